The van der Waals surface area contributed by atoms with Crippen LogP contribution in [0.5, 0.6) is 28.7 Å². The van der Waals surface area contributed by atoms with Crippen LogP contribution in [0.25, 0.3) is 0 Å². The van der Waals surface area contributed by atoms with Gasteiger partial charge in [0.05, 0.1) is 97.3 Å². The second-order valence-electron chi connectivity index (χ2n) is 21.5. The molecule has 4 amide bonds. The van der Waals surface area contributed by atoms with E-state index in [1.54, 1.807) is 67.8 Å². The fraction of sp³-hybridized carbons (Fsp3) is 0.391. The van der Waals surface area contributed by atoms with Gasteiger partial charge in [0.25, 0.3) is 0 Å². The van der Waals surface area contributed by atoms with Crippen LogP contribution in [0.4, 0.5) is 52.7 Å². The summed E-state index contributed by atoms with van der Waals surface area (Å²) in [6, 6.07) is 21.5. The molecule has 5 aliphatic carbocycles. The third kappa shape index (κ3) is 19.9. The maximum Gasteiger partial charge on any atom is 0.471 e. The average molecular weight is 1370 g/mol. The number of halogens is 12. The number of carbonyl (C=O) groups is 5. The zero-order chi connectivity index (χ0) is 70.5. The number of nitrogens with two attached hydrogens (primary N) is 1. The Bertz CT molecular complexity index is 3480. The SMILES string of the molecule is C=CCO[C@@H]1C[C@H](N)c2cc(OC)ccc21.C=CCO[C@@H]1C[C@H](NC(=O)C(F)(F)F)c2cc(OC)ccc21.COc1ccc2c(c1)C(NC(=O)C(F)(F)F)CC2=O.COc1ccc2c(c1)[C@@H](NC(=O)C(F)(F)F)C[C@@H]2O.COc1ccc2c(c1)[C@@H](NC(=O)C(F)(F)F)C[C@H]2O.[B]. The molecule has 3 radical (unpaired) electrons. The minimum atomic E-state index is -4.97. The zero-order valence-electron chi connectivity index (χ0n) is 51.9. The molecular weight excluding hydrogens is 1300 g/mol. The van der Waals surface area contributed by atoms with Crippen LogP contribution in [0.2, 0.25) is 0 Å². The minimum Gasteiger partial charge on any atom is -0.497 e. The molecule has 1 unspecified atom stereocenters. The van der Waals surface area contributed by atoms with E-state index in [-0.39, 0.29) is 58.6 Å². The van der Waals surface area contributed by atoms with Gasteiger partial charge in [0, 0.05) is 45.7 Å². The second-order valence-corrected chi connectivity index (χ2v) is 21.5. The highest BCUT2D eigenvalue weighted by Crippen LogP contribution is 2.46. The van der Waals surface area contributed by atoms with Crippen LogP contribution in [-0.4, -0.2) is 122 Å². The summed E-state index contributed by atoms with van der Waals surface area (Å²) < 4.78 is 184. The molecule has 5 aromatic rings. The van der Waals surface area contributed by atoms with E-state index in [1.165, 1.54) is 58.3 Å². The van der Waals surface area contributed by atoms with Crippen LogP contribution in [-0.2, 0) is 28.7 Å². The number of amides is 4. The highest BCUT2D eigenvalue weighted by atomic mass is 19.4. The van der Waals surface area contributed by atoms with Gasteiger partial charge in [-0.05, 0) is 123 Å². The molecule has 0 aliphatic heterocycles. The number of aliphatic hydroxyl groups is 2. The largest absolute Gasteiger partial charge is 0.497 e. The van der Waals surface area contributed by atoms with E-state index in [9.17, 15) is 86.9 Å². The first-order chi connectivity index (χ1) is 44.6. The fourth-order valence-corrected chi connectivity index (χ4v) is 10.8. The molecule has 0 saturated heterocycles. The molecule has 96 heavy (non-hydrogen) atoms. The summed E-state index contributed by atoms with van der Waals surface area (Å²) in [7, 11) is 7.38. The van der Waals surface area contributed by atoms with Crippen LogP contribution in [0, 0.1) is 0 Å². The molecule has 9 atom stereocenters. The number of benzene rings is 5. The van der Waals surface area contributed by atoms with E-state index in [4.69, 9.17) is 38.9 Å². The first-order valence-corrected chi connectivity index (χ1v) is 28.6. The molecule has 5 aliphatic rings. The maximum atomic E-state index is 12.4. The number of aliphatic hydroxyl groups excluding tert-OH is 2. The third-order valence-corrected chi connectivity index (χ3v) is 15.4. The number of hydrogen-bond donors (Lipinski definition) is 7. The Morgan fingerprint density at radius 1 is 0.448 bits per heavy atom. The molecule has 19 nitrogen and oxygen atoms in total. The second kappa shape index (κ2) is 33.2. The van der Waals surface area contributed by atoms with Gasteiger partial charge in [-0.2, -0.15) is 52.7 Å². The molecule has 0 heterocycles. The summed E-state index contributed by atoms with van der Waals surface area (Å²) >= 11 is 0. The smallest absolute Gasteiger partial charge is 0.471 e. The van der Waals surface area contributed by atoms with Gasteiger partial charge >= 0.3 is 48.3 Å². The Morgan fingerprint density at radius 2 is 0.740 bits per heavy atom. The van der Waals surface area contributed by atoms with Crippen LogP contribution < -0.4 is 50.7 Å². The Hall–Kier alpha value is -8.85. The maximum absolute atomic E-state index is 12.4. The van der Waals surface area contributed by atoms with Gasteiger partial charge < -0.3 is 70.4 Å². The Morgan fingerprint density at radius 3 is 1.09 bits per heavy atom. The normalized spacial score (nSPS) is 20.8. The van der Waals surface area contributed by atoms with Crippen molar-refractivity contribution in [2.45, 2.75) is 111 Å². The molecule has 0 fully saturated rings. The van der Waals surface area contributed by atoms with Crippen molar-refractivity contribution >= 4 is 37.8 Å². The van der Waals surface area contributed by atoms with Gasteiger partial charge in [-0.3, -0.25) is 24.0 Å². The van der Waals surface area contributed by atoms with Crippen LogP contribution >= 0.6 is 0 Å². The van der Waals surface area contributed by atoms with Crippen molar-refractivity contribution in [3.05, 3.63) is 172 Å². The molecule has 0 saturated carbocycles. The Kier molecular flexibility index (Phi) is 26.9. The molecular formula is C64H67BF12N5O14. The van der Waals surface area contributed by atoms with Gasteiger partial charge in [0.1, 0.15) is 28.7 Å². The summed E-state index contributed by atoms with van der Waals surface area (Å²) in [5, 5.41) is 27.1. The number of ketones is 1. The number of carbonyl (C=O) groups excluding carboxylic acids is 5. The molecule has 0 spiro atoms. The fourth-order valence-electron chi connectivity index (χ4n) is 10.8. The van der Waals surface area contributed by atoms with Crippen LogP contribution in [0.15, 0.2) is 116 Å². The summed E-state index contributed by atoms with van der Waals surface area (Å²) in [6.45, 7) is 8.02. The lowest BCUT2D eigenvalue weighted by atomic mass is 10.1. The van der Waals surface area contributed by atoms with Crippen LogP contribution in [0.1, 0.15) is 147 Å². The monoisotopic (exact) mass is 1370 g/mol. The molecule has 519 valence electrons. The molecule has 0 bridgehead atoms. The number of hydrogen-bond acceptors (Lipinski definition) is 15. The Labute approximate surface area is 544 Å². The molecule has 5 aromatic carbocycles. The van der Waals surface area contributed by atoms with E-state index >= 15 is 0 Å². The Balaban J connectivity index is 0.000000217. The predicted octanol–water partition coefficient (Wildman–Crippen LogP) is 10.7. The average Bonchev–Trinajstić information content (AvgIpc) is 1.68. The van der Waals surface area contributed by atoms with Gasteiger partial charge in [0.15, 0.2) is 5.78 Å². The van der Waals surface area contributed by atoms with Gasteiger partial charge in [-0.25, -0.2) is 0 Å². The zero-order valence-corrected chi connectivity index (χ0v) is 51.9. The van der Waals surface area contributed by atoms with E-state index in [1.807, 2.05) is 39.5 Å². The van der Waals surface area contributed by atoms with E-state index in [0.29, 0.717) is 68.5 Å². The van der Waals surface area contributed by atoms with Crippen molar-refractivity contribution in [1.29, 1.82) is 0 Å². The number of nitrogens with one attached hydrogen (secondary N) is 4. The van der Waals surface area contributed by atoms with Crippen molar-refractivity contribution in [2.75, 3.05) is 48.8 Å². The van der Waals surface area contributed by atoms with Crippen LogP contribution in [0.3, 0.4) is 0 Å². The number of methoxy groups -OCH3 is 5. The summed E-state index contributed by atoms with van der Waals surface area (Å²) in [6.07, 6.45) is -17.6. The number of alkyl halides is 12. The molecule has 8 N–H and O–H groups in total. The quantitative estimate of drug-likeness (QED) is 0.0292. The molecule has 0 aromatic heterocycles. The lowest BCUT2D eigenvalue weighted by molar-refractivity contribution is -0.174. The topological polar surface area (TPSA) is 265 Å². The first kappa shape index (κ1) is 77.9. The number of rotatable bonds is 15. The number of Topliss-reactive ketones (excluding diaryl/α,β-unsaturated/α-hetero) is 1. The lowest BCUT2D eigenvalue weighted by Gasteiger charge is -2.16. The van der Waals surface area contributed by atoms with Crippen molar-refractivity contribution in [3.63, 3.8) is 0 Å². The minimum absolute atomic E-state index is 0. The number of fused-ring (bicyclic) bond motifs is 5. The molecule has 10 rings (SSSR count). The summed E-state index contributed by atoms with van der Waals surface area (Å²) in [5.74, 6) is -5.66. The van der Waals surface area contributed by atoms with Gasteiger partial charge in [-0.1, -0.05) is 36.4 Å². The van der Waals surface area contributed by atoms with Crippen molar-refractivity contribution < 1.29 is 120 Å². The van der Waals surface area contributed by atoms with Crippen molar-refractivity contribution in [2.24, 2.45) is 5.73 Å². The molecule has 32 heteroatoms. The van der Waals surface area contributed by atoms with Crippen molar-refractivity contribution in [1.82, 2.24) is 21.3 Å². The van der Waals surface area contributed by atoms with E-state index < -0.39 is 90.8 Å². The van der Waals surface area contributed by atoms with E-state index in [0.717, 1.165) is 23.3 Å². The van der Waals surface area contributed by atoms with E-state index in [2.05, 4.69) is 13.2 Å². The lowest BCUT2D eigenvalue weighted by Crippen LogP contribution is -2.38. The number of ether oxygens (including phenoxy) is 7. The first-order valence-electron chi connectivity index (χ1n) is 28.6. The predicted molar refractivity (Wildman–Crippen MR) is 321 cm³/mol. The summed E-state index contributed by atoms with van der Waals surface area (Å²) in [4.78, 5) is 55.6. The third-order valence-electron chi connectivity index (χ3n) is 15.4. The highest BCUT2D eigenvalue weighted by molar-refractivity contribution is 6.02. The van der Waals surface area contributed by atoms with Gasteiger partial charge in [0.2, 0.25) is 0 Å². The highest BCUT2D eigenvalue weighted by Gasteiger charge is 2.46. The van der Waals surface area contributed by atoms with Gasteiger partial charge in [-0.15, -0.1) is 13.2 Å². The van der Waals surface area contributed by atoms with Crippen molar-refractivity contribution in [3.8, 4) is 28.7 Å². The standard InChI is InChI=1S/C15H16F3NO3.C13H17NO2.2C12H12F3NO3.C12H10F3NO3.B/c1-3-6-22-13-8-12(19-14(20)15(16,17)18)11-7-9(21-2)4-5-10(11)13;1-3-6-16-13-8-12(14)11-7-9(15-2)4-5-10(11)13;3*1-19-6-2-3-7-8(4-6)9(5-10(7)17)16-11(18)12(13,14)15;/h3-5,7,12-13H,1,6,8H2,2H3,(H,19,20);3-5,7,12-13H,1,6,8,14H2,2H3;2*2-4,9-10,17H,5H2,1H3,(H,16,18);2-4,9H,5H2,1H3,(H,16,18);/t2*12-,13+;9-,10+;9-,10-;;/m0000../s1. The summed E-state index contributed by atoms with van der Waals surface area (Å²) in [5.41, 5.74) is 12.3.